The fourth-order valence-corrected chi connectivity index (χ4v) is 4.69. The molecule has 2 heterocycles. The lowest BCUT2D eigenvalue weighted by Gasteiger charge is -2.67. The van der Waals surface area contributed by atoms with Gasteiger partial charge in [0.1, 0.15) is 0 Å². The summed E-state index contributed by atoms with van der Waals surface area (Å²) in [6.07, 6.45) is 6.63. The van der Waals surface area contributed by atoms with Gasteiger partial charge in [-0.2, -0.15) is 0 Å². The molecule has 1 amide bonds. The largest absolute Gasteiger partial charge is 0.481 e. The SMILES string of the molecule is O=C(O)C12CC(C(=O)N3CCC(Nc4ccncc4Cl)CC3)(C1)C2. The van der Waals surface area contributed by atoms with Crippen molar-refractivity contribution in [1.82, 2.24) is 9.88 Å². The number of pyridine rings is 1. The monoisotopic (exact) mass is 349 g/mol. The number of halogens is 1. The second kappa shape index (κ2) is 5.34. The zero-order valence-corrected chi connectivity index (χ0v) is 14.1. The van der Waals surface area contributed by atoms with Crippen LogP contribution in [-0.4, -0.2) is 46.0 Å². The van der Waals surface area contributed by atoms with Crippen LogP contribution in [0.1, 0.15) is 32.1 Å². The molecule has 2 N–H and O–H groups in total. The lowest BCUT2D eigenvalue weighted by atomic mass is 9.34. The van der Waals surface area contributed by atoms with Crippen LogP contribution in [0.4, 0.5) is 5.69 Å². The summed E-state index contributed by atoms with van der Waals surface area (Å²) in [4.78, 5) is 29.8. The Hall–Kier alpha value is -1.82. The number of carbonyl (C=O) groups is 2. The highest BCUT2D eigenvalue weighted by molar-refractivity contribution is 6.33. The lowest BCUT2D eigenvalue weighted by Crippen LogP contribution is -2.71. The van der Waals surface area contributed by atoms with Gasteiger partial charge in [0.15, 0.2) is 0 Å². The van der Waals surface area contributed by atoms with Crippen LogP contribution < -0.4 is 5.32 Å². The standard InChI is InChI=1S/C17H20ClN3O3/c18-12-7-19-4-1-13(12)20-11-2-5-21(6-3-11)14(22)16-8-17(9-16,10-16)15(23)24/h1,4,7,11H,2-3,5-6,8-10H2,(H,19,20)(H,23,24). The highest BCUT2D eigenvalue weighted by Crippen LogP contribution is 2.73. The number of piperidine rings is 1. The predicted octanol–water partition coefficient (Wildman–Crippen LogP) is 2.39. The van der Waals surface area contributed by atoms with Crippen LogP contribution >= 0.6 is 11.6 Å². The van der Waals surface area contributed by atoms with Crippen molar-refractivity contribution in [3.63, 3.8) is 0 Å². The van der Waals surface area contributed by atoms with E-state index in [0.29, 0.717) is 37.4 Å². The average Bonchev–Trinajstić information content (AvgIpc) is 2.47. The van der Waals surface area contributed by atoms with E-state index in [2.05, 4.69) is 10.3 Å². The van der Waals surface area contributed by atoms with E-state index in [9.17, 15) is 14.7 Å². The number of amides is 1. The molecule has 1 saturated heterocycles. The van der Waals surface area contributed by atoms with Gasteiger partial charge in [-0.3, -0.25) is 14.6 Å². The normalized spacial score (nSPS) is 31.8. The molecule has 1 aliphatic heterocycles. The van der Waals surface area contributed by atoms with E-state index < -0.39 is 11.4 Å². The second-order valence-corrected chi connectivity index (χ2v) is 7.87. The molecular weight excluding hydrogens is 330 g/mol. The molecule has 0 unspecified atom stereocenters. The molecule has 5 rings (SSSR count). The van der Waals surface area contributed by atoms with E-state index in [1.165, 1.54) is 0 Å². The maximum absolute atomic E-state index is 12.7. The first-order chi connectivity index (χ1) is 11.4. The summed E-state index contributed by atoms with van der Waals surface area (Å²) in [5.74, 6) is -0.583. The average molecular weight is 350 g/mol. The first-order valence-electron chi connectivity index (χ1n) is 8.33. The first-order valence-corrected chi connectivity index (χ1v) is 8.71. The van der Waals surface area contributed by atoms with Crippen LogP contribution in [0.15, 0.2) is 18.5 Å². The Morgan fingerprint density at radius 2 is 1.92 bits per heavy atom. The van der Waals surface area contributed by atoms with E-state index in [1.54, 1.807) is 12.4 Å². The fourth-order valence-electron chi connectivity index (χ4n) is 4.52. The van der Waals surface area contributed by atoms with Crippen molar-refractivity contribution < 1.29 is 14.7 Å². The number of anilines is 1. The summed E-state index contributed by atoms with van der Waals surface area (Å²) in [7, 11) is 0. The summed E-state index contributed by atoms with van der Waals surface area (Å²) in [6, 6.07) is 2.14. The minimum absolute atomic E-state index is 0.158. The number of aromatic nitrogens is 1. The third-order valence-electron chi connectivity index (χ3n) is 5.85. The molecule has 4 aliphatic rings. The molecule has 128 valence electrons. The lowest BCUT2D eigenvalue weighted by molar-refractivity contribution is -0.226. The van der Waals surface area contributed by atoms with Crippen LogP contribution in [0.5, 0.6) is 0 Å². The maximum atomic E-state index is 12.7. The zero-order chi connectivity index (χ0) is 16.9. The van der Waals surface area contributed by atoms with Crippen molar-refractivity contribution in [3.05, 3.63) is 23.5 Å². The number of hydrogen-bond donors (Lipinski definition) is 2. The molecule has 4 fully saturated rings. The summed E-state index contributed by atoms with van der Waals surface area (Å²) in [5.41, 5.74) is -0.0833. The molecule has 6 nitrogen and oxygen atoms in total. The van der Waals surface area contributed by atoms with Crippen molar-refractivity contribution in [2.45, 2.75) is 38.1 Å². The molecular formula is C17H20ClN3O3. The second-order valence-electron chi connectivity index (χ2n) is 7.46. The Morgan fingerprint density at radius 3 is 2.50 bits per heavy atom. The Labute approximate surface area is 145 Å². The summed E-state index contributed by atoms with van der Waals surface area (Å²) >= 11 is 6.12. The fraction of sp³-hybridized carbons (Fsp3) is 0.588. The molecule has 3 aliphatic carbocycles. The van der Waals surface area contributed by atoms with E-state index >= 15 is 0 Å². The van der Waals surface area contributed by atoms with Gasteiger partial charge in [0.05, 0.1) is 21.5 Å². The number of aliphatic carboxylic acids is 1. The number of carbonyl (C=O) groups excluding carboxylic acids is 1. The molecule has 2 bridgehead atoms. The molecule has 7 heteroatoms. The van der Waals surface area contributed by atoms with Crippen molar-refractivity contribution in [1.29, 1.82) is 0 Å². The molecule has 0 radical (unpaired) electrons. The molecule has 3 saturated carbocycles. The Balaban J connectivity index is 1.30. The first kappa shape index (κ1) is 15.7. The molecule has 1 aromatic heterocycles. The Bertz CT molecular complexity index is 680. The van der Waals surface area contributed by atoms with Crippen LogP contribution in [0.25, 0.3) is 0 Å². The molecule has 0 spiro atoms. The third-order valence-corrected chi connectivity index (χ3v) is 6.15. The number of rotatable bonds is 4. The molecule has 1 aromatic rings. The number of nitrogens with one attached hydrogen (secondary N) is 1. The zero-order valence-electron chi connectivity index (χ0n) is 13.3. The smallest absolute Gasteiger partial charge is 0.309 e. The van der Waals surface area contributed by atoms with Crippen molar-refractivity contribution >= 4 is 29.2 Å². The van der Waals surface area contributed by atoms with Crippen molar-refractivity contribution in [3.8, 4) is 0 Å². The number of carboxylic acids is 1. The van der Waals surface area contributed by atoms with Crippen LogP contribution in [0.3, 0.4) is 0 Å². The van der Waals surface area contributed by atoms with Gasteiger partial charge in [-0.1, -0.05) is 11.6 Å². The maximum Gasteiger partial charge on any atom is 0.309 e. The van der Waals surface area contributed by atoms with Crippen molar-refractivity contribution in [2.75, 3.05) is 18.4 Å². The summed E-state index contributed by atoms with van der Waals surface area (Å²) in [5, 5.41) is 13.2. The number of likely N-dealkylation sites (tertiary alicyclic amines) is 1. The topological polar surface area (TPSA) is 82.5 Å². The van der Waals surface area contributed by atoms with E-state index in [4.69, 9.17) is 11.6 Å². The van der Waals surface area contributed by atoms with E-state index in [-0.39, 0.29) is 17.4 Å². The summed E-state index contributed by atoms with van der Waals surface area (Å²) < 4.78 is 0. The number of carboxylic acid groups (broad SMARTS) is 1. The predicted molar refractivity (Wildman–Crippen MR) is 88.8 cm³/mol. The van der Waals surface area contributed by atoms with Gasteiger partial charge in [0.25, 0.3) is 0 Å². The van der Waals surface area contributed by atoms with Gasteiger partial charge in [0, 0.05) is 31.5 Å². The van der Waals surface area contributed by atoms with E-state index in [1.807, 2.05) is 11.0 Å². The van der Waals surface area contributed by atoms with Gasteiger partial charge in [-0.15, -0.1) is 0 Å². The minimum atomic E-state index is -0.741. The summed E-state index contributed by atoms with van der Waals surface area (Å²) in [6.45, 7) is 1.42. The third kappa shape index (κ3) is 2.27. The molecule has 24 heavy (non-hydrogen) atoms. The van der Waals surface area contributed by atoms with Crippen LogP contribution in [0.2, 0.25) is 5.02 Å². The van der Waals surface area contributed by atoms with E-state index in [0.717, 1.165) is 18.5 Å². The van der Waals surface area contributed by atoms with Gasteiger partial charge in [-0.05, 0) is 38.2 Å². The highest BCUT2D eigenvalue weighted by atomic mass is 35.5. The van der Waals surface area contributed by atoms with Crippen LogP contribution in [0, 0.1) is 10.8 Å². The Morgan fingerprint density at radius 1 is 1.25 bits per heavy atom. The number of nitrogens with zero attached hydrogens (tertiary/aromatic N) is 2. The highest BCUT2D eigenvalue weighted by Gasteiger charge is 2.75. The quantitative estimate of drug-likeness (QED) is 0.872. The van der Waals surface area contributed by atoms with Gasteiger partial charge in [0.2, 0.25) is 5.91 Å². The van der Waals surface area contributed by atoms with Gasteiger partial charge >= 0.3 is 5.97 Å². The number of hydrogen-bond acceptors (Lipinski definition) is 4. The van der Waals surface area contributed by atoms with Crippen molar-refractivity contribution in [2.24, 2.45) is 10.8 Å². The van der Waals surface area contributed by atoms with Gasteiger partial charge in [-0.25, -0.2) is 0 Å². The molecule has 0 atom stereocenters. The molecule has 0 aromatic carbocycles. The Kier molecular flexibility index (Phi) is 3.49. The minimum Gasteiger partial charge on any atom is -0.481 e. The van der Waals surface area contributed by atoms with Crippen LogP contribution in [-0.2, 0) is 9.59 Å². The van der Waals surface area contributed by atoms with Gasteiger partial charge < -0.3 is 15.3 Å².